The SMILES string of the molecule is Cc1csc(N(C)S(=O)(=O)c2ccccc2Cl)n1. The van der Waals surface area contributed by atoms with Crippen molar-refractivity contribution in [2.24, 2.45) is 0 Å². The van der Waals surface area contributed by atoms with Crippen molar-refractivity contribution < 1.29 is 8.42 Å². The number of aromatic nitrogens is 1. The van der Waals surface area contributed by atoms with Gasteiger partial charge in [-0.2, -0.15) is 0 Å². The van der Waals surface area contributed by atoms with Gasteiger partial charge in [-0.15, -0.1) is 11.3 Å². The maximum atomic E-state index is 12.4. The lowest BCUT2D eigenvalue weighted by molar-refractivity contribution is 0.594. The van der Waals surface area contributed by atoms with Gasteiger partial charge in [0.1, 0.15) is 4.90 Å². The number of halogens is 1. The number of hydrogen-bond acceptors (Lipinski definition) is 4. The number of rotatable bonds is 3. The molecule has 0 N–H and O–H groups in total. The van der Waals surface area contributed by atoms with Crippen molar-refractivity contribution >= 4 is 38.1 Å². The van der Waals surface area contributed by atoms with Crippen LogP contribution in [0.1, 0.15) is 5.69 Å². The van der Waals surface area contributed by atoms with Gasteiger partial charge in [0.2, 0.25) is 0 Å². The summed E-state index contributed by atoms with van der Waals surface area (Å²) in [5, 5.41) is 2.43. The van der Waals surface area contributed by atoms with Crippen molar-refractivity contribution in [1.29, 1.82) is 0 Å². The zero-order valence-corrected chi connectivity index (χ0v) is 12.2. The van der Waals surface area contributed by atoms with Crippen LogP contribution in [-0.4, -0.2) is 20.4 Å². The van der Waals surface area contributed by atoms with E-state index in [2.05, 4.69) is 4.98 Å². The Labute approximate surface area is 115 Å². The standard InChI is InChI=1S/C11H11ClN2O2S2/c1-8-7-17-11(13-8)14(2)18(15,16)10-6-4-3-5-9(10)12/h3-7H,1-2H3. The average molecular weight is 303 g/mol. The molecule has 0 radical (unpaired) electrons. The normalized spacial score (nSPS) is 11.5. The summed E-state index contributed by atoms with van der Waals surface area (Å²) in [4.78, 5) is 4.24. The van der Waals surface area contributed by atoms with Crippen LogP contribution in [0.25, 0.3) is 0 Å². The topological polar surface area (TPSA) is 50.3 Å². The Morgan fingerprint density at radius 1 is 1.33 bits per heavy atom. The first-order chi connectivity index (χ1) is 8.43. The molecule has 0 aliphatic rings. The highest BCUT2D eigenvalue weighted by atomic mass is 35.5. The molecule has 0 saturated carbocycles. The van der Waals surface area contributed by atoms with Crippen LogP contribution < -0.4 is 4.31 Å². The molecule has 0 fully saturated rings. The third-order valence-corrected chi connectivity index (χ3v) is 5.75. The van der Waals surface area contributed by atoms with Crippen LogP contribution in [0.15, 0.2) is 34.5 Å². The maximum absolute atomic E-state index is 12.4. The van der Waals surface area contributed by atoms with Gasteiger partial charge in [0.25, 0.3) is 10.0 Å². The Balaban J connectivity index is 2.47. The third-order valence-electron chi connectivity index (χ3n) is 2.35. The van der Waals surface area contributed by atoms with Crippen LogP contribution in [-0.2, 0) is 10.0 Å². The minimum atomic E-state index is -3.66. The van der Waals surface area contributed by atoms with Gasteiger partial charge in [-0.05, 0) is 19.1 Å². The third kappa shape index (κ3) is 2.36. The van der Waals surface area contributed by atoms with Gasteiger partial charge in [0, 0.05) is 12.4 Å². The van der Waals surface area contributed by atoms with Gasteiger partial charge in [-0.3, -0.25) is 0 Å². The minimum absolute atomic E-state index is 0.0852. The molecular formula is C11H11ClN2O2S2. The van der Waals surface area contributed by atoms with Crippen molar-refractivity contribution in [3.63, 3.8) is 0 Å². The predicted molar refractivity (Wildman–Crippen MR) is 73.9 cm³/mol. The number of benzene rings is 1. The molecule has 18 heavy (non-hydrogen) atoms. The molecule has 0 saturated heterocycles. The van der Waals surface area contributed by atoms with E-state index < -0.39 is 10.0 Å². The average Bonchev–Trinajstić information content (AvgIpc) is 2.75. The summed E-state index contributed by atoms with van der Waals surface area (Å²) in [6.45, 7) is 1.82. The Bertz CT molecular complexity index is 667. The molecule has 2 aromatic rings. The molecule has 0 bridgehead atoms. The smallest absolute Gasteiger partial charge is 0.244 e. The summed E-state index contributed by atoms with van der Waals surface area (Å²) in [6.07, 6.45) is 0. The van der Waals surface area contributed by atoms with Crippen molar-refractivity contribution in [2.75, 3.05) is 11.4 Å². The Morgan fingerprint density at radius 3 is 2.56 bits per heavy atom. The molecule has 0 atom stereocenters. The van der Waals surface area contributed by atoms with Crippen molar-refractivity contribution in [3.8, 4) is 0 Å². The van der Waals surface area contributed by atoms with Gasteiger partial charge in [0.05, 0.1) is 10.7 Å². The first kappa shape index (κ1) is 13.3. The monoisotopic (exact) mass is 302 g/mol. The number of nitrogens with zero attached hydrogens (tertiary/aromatic N) is 2. The van der Waals surface area contributed by atoms with Crippen molar-refractivity contribution in [1.82, 2.24) is 4.98 Å². The lowest BCUT2D eigenvalue weighted by Gasteiger charge is -2.16. The van der Waals surface area contributed by atoms with Crippen LogP contribution in [0.5, 0.6) is 0 Å². The molecule has 1 aromatic carbocycles. The van der Waals surface area contributed by atoms with Gasteiger partial charge in [0.15, 0.2) is 5.13 Å². The maximum Gasteiger partial charge on any atom is 0.267 e. The van der Waals surface area contributed by atoms with E-state index in [9.17, 15) is 8.42 Å². The molecule has 7 heteroatoms. The van der Waals surface area contributed by atoms with E-state index in [0.717, 1.165) is 10.00 Å². The Morgan fingerprint density at radius 2 is 2.00 bits per heavy atom. The van der Waals surface area contributed by atoms with E-state index in [1.165, 1.54) is 24.5 Å². The second kappa shape index (κ2) is 4.87. The van der Waals surface area contributed by atoms with E-state index in [-0.39, 0.29) is 9.92 Å². The quantitative estimate of drug-likeness (QED) is 0.876. The number of anilines is 1. The Hall–Kier alpha value is -1.11. The lowest BCUT2D eigenvalue weighted by Crippen LogP contribution is -2.26. The number of aryl methyl sites for hydroxylation is 1. The van der Waals surface area contributed by atoms with Crippen LogP contribution in [0.4, 0.5) is 5.13 Å². The molecule has 4 nitrogen and oxygen atoms in total. The first-order valence-electron chi connectivity index (χ1n) is 5.08. The summed E-state index contributed by atoms with van der Waals surface area (Å²) in [5.41, 5.74) is 0.788. The fraction of sp³-hybridized carbons (Fsp3) is 0.182. The fourth-order valence-electron chi connectivity index (χ4n) is 1.39. The van der Waals surface area contributed by atoms with Crippen LogP contribution in [0, 0.1) is 6.92 Å². The van der Waals surface area contributed by atoms with E-state index in [0.29, 0.717) is 5.13 Å². The molecule has 0 aliphatic carbocycles. The van der Waals surface area contributed by atoms with E-state index >= 15 is 0 Å². The minimum Gasteiger partial charge on any atom is -0.244 e. The largest absolute Gasteiger partial charge is 0.267 e. The van der Waals surface area contributed by atoms with Gasteiger partial charge in [-0.1, -0.05) is 23.7 Å². The number of hydrogen-bond donors (Lipinski definition) is 0. The second-order valence-electron chi connectivity index (χ2n) is 3.67. The van der Waals surface area contributed by atoms with Gasteiger partial charge in [-0.25, -0.2) is 17.7 Å². The van der Waals surface area contributed by atoms with Crippen molar-refractivity contribution in [2.45, 2.75) is 11.8 Å². The molecule has 0 spiro atoms. The number of sulfonamides is 1. The molecule has 0 unspecified atom stereocenters. The van der Waals surface area contributed by atoms with Crippen LogP contribution in [0.3, 0.4) is 0 Å². The van der Waals surface area contributed by atoms with Crippen molar-refractivity contribution in [3.05, 3.63) is 40.4 Å². The summed E-state index contributed by atoms with van der Waals surface area (Å²) in [6, 6.07) is 6.36. The summed E-state index contributed by atoms with van der Waals surface area (Å²) < 4.78 is 25.9. The highest BCUT2D eigenvalue weighted by Gasteiger charge is 2.25. The predicted octanol–water partition coefficient (Wildman–Crippen LogP) is 2.93. The zero-order valence-electron chi connectivity index (χ0n) is 9.79. The van der Waals surface area contributed by atoms with E-state index in [1.807, 2.05) is 6.92 Å². The molecule has 0 amide bonds. The molecule has 0 aliphatic heterocycles. The second-order valence-corrected chi connectivity index (χ2v) is 6.86. The molecule has 1 aromatic heterocycles. The number of thiazole rings is 1. The van der Waals surface area contributed by atoms with Crippen LogP contribution in [0.2, 0.25) is 5.02 Å². The highest BCUT2D eigenvalue weighted by molar-refractivity contribution is 7.93. The first-order valence-corrected chi connectivity index (χ1v) is 7.78. The molecule has 1 heterocycles. The van der Waals surface area contributed by atoms with Gasteiger partial charge >= 0.3 is 0 Å². The fourth-order valence-corrected chi connectivity index (χ4v) is 4.02. The van der Waals surface area contributed by atoms with Gasteiger partial charge < -0.3 is 0 Å². The summed E-state index contributed by atoms with van der Waals surface area (Å²) in [5.74, 6) is 0. The molecular weight excluding hydrogens is 292 g/mol. The summed E-state index contributed by atoms with van der Waals surface area (Å²) in [7, 11) is -2.19. The highest BCUT2D eigenvalue weighted by Crippen LogP contribution is 2.28. The van der Waals surface area contributed by atoms with E-state index in [1.54, 1.807) is 23.6 Å². The molecule has 96 valence electrons. The molecule has 2 rings (SSSR count). The zero-order chi connectivity index (χ0) is 13.3. The van der Waals surface area contributed by atoms with E-state index in [4.69, 9.17) is 11.6 Å². The lowest BCUT2D eigenvalue weighted by atomic mass is 10.4. The van der Waals surface area contributed by atoms with Crippen LogP contribution >= 0.6 is 22.9 Å². The summed E-state index contributed by atoms with van der Waals surface area (Å²) >= 11 is 7.20. The Kier molecular flexibility index (Phi) is 3.61.